The average molecular weight is 382 g/mol. The molecule has 0 aliphatic carbocycles. The van der Waals surface area contributed by atoms with Crippen LogP contribution in [0.1, 0.15) is 45.6 Å². The van der Waals surface area contributed by atoms with Crippen molar-refractivity contribution >= 4 is 22.0 Å². The number of aryl methyl sites for hydroxylation is 1. The Kier molecular flexibility index (Phi) is 4.34. The molecule has 1 aromatic rings. The molecule has 1 aromatic carbocycles. The van der Waals surface area contributed by atoms with E-state index in [1.54, 1.807) is 4.90 Å². The lowest BCUT2D eigenvalue weighted by molar-refractivity contribution is -0.0272. The normalized spacial score (nSPS) is 19.9. The zero-order valence-corrected chi connectivity index (χ0v) is 15.6. The predicted molar refractivity (Wildman–Crippen MR) is 92.9 cm³/mol. The molecule has 0 saturated carbocycles. The molecule has 0 atom stereocenters. The summed E-state index contributed by atoms with van der Waals surface area (Å²) in [7, 11) is 0. The number of benzene rings is 1. The van der Waals surface area contributed by atoms with Crippen LogP contribution in [0.25, 0.3) is 0 Å². The largest absolute Gasteiger partial charge is 0.487 e. The van der Waals surface area contributed by atoms with Crippen molar-refractivity contribution in [2.75, 3.05) is 13.1 Å². The van der Waals surface area contributed by atoms with Gasteiger partial charge in [-0.25, -0.2) is 4.79 Å². The second kappa shape index (κ2) is 6.00. The van der Waals surface area contributed by atoms with Crippen molar-refractivity contribution < 1.29 is 14.3 Å². The number of carbonyl (C=O) groups is 1. The number of amides is 1. The number of hydrogen-bond donors (Lipinski definition) is 0. The third-order valence-electron chi connectivity index (χ3n) is 4.53. The monoisotopic (exact) mass is 381 g/mol. The molecule has 1 amide bonds. The molecule has 0 aromatic heterocycles. The minimum absolute atomic E-state index is 0.126. The maximum Gasteiger partial charge on any atom is 0.410 e. The van der Waals surface area contributed by atoms with Crippen LogP contribution in [0, 0.1) is 0 Å². The Balaban J connectivity index is 1.63. The molecule has 1 fully saturated rings. The summed E-state index contributed by atoms with van der Waals surface area (Å²) < 4.78 is 12.9. The minimum atomic E-state index is -0.445. The third kappa shape index (κ3) is 3.82. The molecule has 5 heteroatoms. The maximum absolute atomic E-state index is 12.2. The molecule has 2 aliphatic heterocycles. The first-order chi connectivity index (χ1) is 10.8. The van der Waals surface area contributed by atoms with Crippen molar-refractivity contribution in [3.8, 4) is 5.75 Å². The number of rotatable bonds is 0. The molecule has 0 unspecified atom stereocenters. The van der Waals surface area contributed by atoms with Crippen LogP contribution in [0.2, 0.25) is 0 Å². The highest BCUT2D eigenvalue weighted by atomic mass is 79.9. The van der Waals surface area contributed by atoms with Gasteiger partial charge in [0.2, 0.25) is 0 Å². The van der Waals surface area contributed by atoms with Gasteiger partial charge in [-0.2, -0.15) is 0 Å². The quantitative estimate of drug-likeness (QED) is 0.661. The van der Waals surface area contributed by atoms with Crippen LogP contribution in [0.4, 0.5) is 4.79 Å². The molecule has 2 aliphatic rings. The third-order valence-corrected chi connectivity index (χ3v) is 5.02. The highest BCUT2D eigenvalue weighted by Gasteiger charge is 2.41. The fourth-order valence-electron chi connectivity index (χ4n) is 3.27. The van der Waals surface area contributed by atoms with Gasteiger partial charge >= 0.3 is 6.09 Å². The first-order valence-corrected chi connectivity index (χ1v) is 9.01. The summed E-state index contributed by atoms with van der Waals surface area (Å²) in [6.07, 6.45) is 3.55. The predicted octanol–water partition coefficient (Wildman–Crippen LogP) is 4.54. The van der Waals surface area contributed by atoms with Gasteiger partial charge in [0, 0.05) is 30.4 Å². The second-order valence-corrected chi connectivity index (χ2v) is 8.42. The highest BCUT2D eigenvalue weighted by Crippen LogP contribution is 2.40. The summed E-state index contributed by atoms with van der Waals surface area (Å²) in [6.45, 7) is 7.09. The maximum atomic E-state index is 12.2. The van der Waals surface area contributed by atoms with Crippen molar-refractivity contribution in [1.82, 2.24) is 4.90 Å². The Labute approximate surface area is 146 Å². The van der Waals surface area contributed by atoms with Gasteiger partial charge in [-0.05, 0) is 57.4 Å². The summed E-state index contributed by atoms with van der Waals surface area (Å²) in [5.74, 6) is 0.991. The van der Waals surface area contributed by atoms with E-state index in [1.807, 2.05) is 32.9 Å². The van der Waals surface area contributed by atoms with Crippen molar-refractivity contribution in [1.29, 1.82) is 0 Å². The molecule has 0 bridgehead atoms. The molecule has 0 radical (unpaired) electrons. The van der Waals surface area contributed by atoms with Gasteiger partial charge in [-0.3, -0.25) is 0 Å². The van der Waals surface area contributed by atoms with E-state index in [9.17, 15) is 4.79 Å². The molecular weight excluding hydrogens is 358 g/mol. The van der Waals surface area contributed by atoms with Crippen molar-refractivity contribution in [3.05, 3.63) is 28.2 Å². The molecule has 4 nitrogen and oxygen atoms in total. The Morgan fingerprint density at radius 3 is 2.61 bits per heavy atom. The zero-order chi connectivity index (χ0) is 16.7. The fourth-order valence-corrected chi connectivity index (χ4v) is 3.67. The van der Waals surface area contributed by atoms with Crippen LogP contribution in [0.5, 0.6) is 5.75 Å². The van der Waals surface area contributed by atoms with Gasteiger partial charge < -0.3 is 14.4 Å². The lowest BCUT2D eigenvalue weighted by Crippen LogP contribution is -2.51. The second-order valence-electron chi connectivity index (χ2n) is 7.50. The zero-order valence-electron chi connectivity index (χ0n) is 14.0. The van der Waals surface area contributed by atoms with E-state index in [0.717, 1.165) is 35.9 Å². The number of fused-ring (bicyclic) bond motifs is 1. The molecule has 1 spiro atoms. The van der Waals surface area contributed by atoms with E-state index in [4.69, 9.17) is 9.47 Å². The Morgan fingerprint density at radius 2 is 1.96 bits per heavy atom. The van der Waals surface area contributed by atoms with Crippen LogP contribution in [-0.2, 0) is 11.2 Å². The van der Waals surface area contributed by atoms with Crippen molar-refractivity contribution in [2.24, 2.45) is 0 Å². The van der Waals surface area contributed by atoms with E-state index >= 15 is 0 Å². The first kappa shape index (κ1) is 16.6. The summed E-state index contributed by atoms with van der Waals surface area (Å²) >= 11 is 3.51. The van der Waals surface area contributed by atoms with Gasteiger partial charge in [-0.1, -0.05) is 15.9 Å². The number of likely N-dealkylation sites (tertiary alicyclic amines) is 1. The molecular formula is C18H24BrNO3. The van der Waals surface area contributed by atoms with Crippen LogP contribution in [0.3, 0.4) is 0 Å². The summed E-state index contributed by atoms with van der Waals surface area (Å²) in [5, 5.41) is 0. The lowest BCUT2D eigenvalue weighted by atomic mass is 9.83. The minimum Gasteiger partial charge on any atom is -0.487 e. The van der Waals surface area contributed by atoms with E-state index in [2.05, 4.69) is 22.0 Å². The smallest absolute Gasteiger partial charge is 0.410 e. The fraction of sp³-hybridized carbons (Fsp3) is 0.611. The van der Waals surface area contributed by atoms with Gasteiger partial charge in [0.05, 0.1) is 0 Å². The average Bonchev–Trinajstić information content (AvgIpc) is 2.47. The Bertz CT molecular complexity index is 601. The number of halogens is 1. The van der Waals surface area contributed by atoms with Crippen LogP contribution < -0.4 is 4.74 Å². The SMILES string of the molecule is CC(C)(C)OC(=O)N1CCC2(CCc3cc(Br)ccc3O2)CC1. The number of hydrogen-bond acceptors (Lipinski definition) is 3. The van der Waals surface area contributed by atoms with Gasteiger partial charge in [0.15, 0.2) is 0 Å². The summed E-state index contributed by atoms with van der Waals surface area (Å²) in [4.78, 5) is 14.0. The Hall–Kier alpha value is -1.23. The van der Waals surface area contributed by atoms with E-state index < -0.39 is 5.60 Å². The first-order valence-electron chi connectivity index (χ1n) is 8.22. The number of piperidine rings is 1. The highest BCUT2D eigenvalue weighted by molar-refractivity contribution is 9.10. The topological polar surface area (TPSA) is 38.8 Å². The van der Waals surface area contributed by atoms with Gasteiger partial charge in [0.1, 0.15) is 17.0 Å². The van der Waals surface area contributed by atoms with Gasteiger partial charge in [0.25, 0.3) is 0 Å². The van der Waals surface area contributed by atoms with Crippen LogP contribution in [0.15, 0.2) is 22.7 Å². The van der Waals surface area contributed by atoms with Crippen molar-refractivity contribution in [3.63, 3.8) is 0 Å². The standard InChI is InChI=1S/C18H24BrNO3/c1-17(2,3)23-16(21)20-10-8-18(9-11-20)7-6-13-12-14(19)4-5-15(13)22-18/h4-5,12H,6-11H2,1-3H3. The molecule has 3 rings (SSSR count). The number of ether oxygens (including phenoxy) is 2. The van der Waals surface area contributed by atoms with Crippen molar-refractivity contribution in [2.45, 2.75) is 57.7 Å². The van der Waals surface area contributed by atoms with Crippen LogP contribution in [-0.4, -0.2) is 35.3 Å². The number of nitrogens with zero attached hydrogens (tertiary/aromatic N) is 1. The van der Waals surface area contributed by atoms with Gasteiger partial charge in [-0.15, -0.1) is 0 Å². The molecule has 2 heterocycles. The van der Waals surface area contributed by atoms with E-state index in [0.29, 0.717) is 13.1 Å². The Morgan fingerprint density at radius 1 is 1.26 bits per heavy atom. The summed E-state index contributed by atoms with van der Waals surface area (Å²) in [5.41, 5.74) is 0.693. The summed E-state index contributed by atoms with van der Waals surface area (Å²) in [6, 6.07) is 6.20. The lowest BCUT2D eigenvalue weighted by Gasteiger charge is -2.44. The molecule has 1 saturated heterocycles. The van der Waals surface area contributed by atoms with E-state index in [1.165, 1.54) is 5.56 Å². The van der Waals surface area contributed by atoms with Crippen LogP contribution >= 0.6 is 15.9 Å². The number of carbonyl (C=O) groups excluding carboxylic acids is 1. The molecule has 0 N–H and O–H groups in total. The molecule has 126 valence electrons. The molecule has 23 heavy (non-hydrogen) atoms. The van der Waals surface area contributed by atoms with E-state index in [-0.39, 0.29) is 11.7 Å².